The molecule has 1 unspecified atom stereocenters. The molecule has 2 aliphatic heterocycles. The molecule has 0 saturated carbocycles. The molecular formula is C12H24N2O. The molecular weight excluding hydrogens is 188 g/mol. The van der Waals surface area contributed by atoms with Gasteiger partial charge in [0.1, 0.15) is 0 Å². The van der Waals surface area contributed by atoms with E-state index >= 15 is 0 Å². The zero-order chi connectivity index (χ0) is 10.5. The molecule has 3 nitrogen and oxygen atoms in total. The van der Waals surface area contributed by atoms with Gasteiger partial charge in [-0.05, 0) is 25.2 Å². The van der Waals surface area contributed by atoms with Crippen molar-refractivity contribution in [2.45, 2.75) is 32.2 Å². The number of hydrogen-bond acceptors (Lipinski definition) is 3. The van der Waals surface area contributed by atoms with Crippen LogP contribution in [-0.2, 0) is 4.74 Å². The molecule has 88 valence electrons. The summed E-state index contributed by atoms with van der Waals surface area (Å²) in [5.41, 5.74) is 0. The Morgan fingerprint density at radius 1 is 1.27 bits per heavy atom. The molecule has 2 fully saturated rings. The van der Waals surface area contributed by atoms with Crippen LogP contribution in [0.5, 0.6) is 0 Å². The third-order valence-corrected chi connectivity index (χ3v) is 3.85. The second-order valence-corrected chi connectivity index (χ2v) is 4.71. The predicted molar refractivity (Wildman–Crippen MR) is 62.1 cm³/mol. The van der Waals surface area contributed by atoms with Crippen molar-refractivity contribution >= 4 is 0 Å². The average Bonchev–Trinajstić information content (AvgIpc) is 2.33. The molecule has 15 heavy (non-hydrogen) atoms. The second kappa shape index (κ2) is 5.83. The fraction of sp³-hybridized carbons (Fsp3) is 1.00. The van der Waals surface area contributed by atoms with Gasteiger partial charge in [0, 0.05) is 45.4 Å². The molecule has 0 aromatic carbocycles. The molecule has 2 rings (SSSR count). The summed E-state index contributed by atoms with van der Waals surface area (Å²) in [4.78, 5) is 2.69. The van der Waals surface area contributed by atoms with Gasteiger partial charge >= 0.3 is 0 Å². The molecule has 0 aromatic rings. The lowest BCUT2D eigenvalue weighted by molar-refractivity contribution is 0.0209. The van der Waals surface area contributed by atoms with Crippen molar-refractivity contribution in [1.29, 1.82) is 0 Å². The molecule has 0 aliphatic carbocycles. The monoisotopic (exact) mass is 212 g/mol. The fourth-order valence-corrected chi connectivity index (χ4v) is 3.00. The third-order valence-electron chi connectivity index (χ3n) is 3.85. The van der Waals surface area contributed by atoms with Crippen LogP contribution >= 0.6 is 0 Å². The van der Waals surface area contributed by atoms with Crippen molar-refractivity contribution in [3.63, 3.8) is 0 Å². The molecule has 1 N–H and O–H groups in total. The van der Waals surface area contributed by atoms with Crippen molar-refractivity contribution in [3.8, 4) is 0 Å². The Kier molecular flexibility index (Phi) is 4.42. The van der Waals surface area contributed by atoms with Crippen LogP contribution in [0.25, 0.3) is 0 Å². The maximum atomic E-state index is 5.45. The van der Waals surface area contributed by atoms with Crippen molar-refractivity contribution in [3.05, 3.63) is 0 Å². The smallest absolute Gasteiger partial charge is 0.0469 e. The molecule has 0 aromatic heterocycles. The van der Waals surface area contributed by atoms with Crippen LogP contribution in [0.1, 0.15) is 26.2 Å². The van der Waals surface area contributed by atoms with Gasteiger partial charge in [-0.1, -0.05) is 6.92 Å². The summed E-state index contributed by atoms with van der Waals surface area (Å²) in [5, 5.41) is 3.43. The lowest BCUT2D eigenvalue weighted by Crippen LogP contribution is -2.51. The van der Waals surface area contributed by atoms with Crippen molar-refractivity contribution in [2.24, 2.45) is 5.92 Å². The molecule has 3 heteroatoms. The highest BCUT2D eigenvalue weighted by atomic mass is 16.5. The minimum atomic E-state index is 0.802. The summed E-state index contributed by atoms with van der Waals surface area (Å²) < 4.78 is 5.45. The first kappa shape index (κ1) is 11.4. The van der Waals surface area contributed by atoms with E-state index in [0.29, 0.717) is 0 Å². The van der Waals surface area contributed by atoms with Crippen LogP contribution in [0.15, 0.2) is 0 Å². The lowest BCUT2D eigenvalue weighted by Gasteiger charge is -2.40. The molecule has 0 amide bonds. The first-order chi connectivity index (χ1) is 7.42. The Morgan fingerprint density at radius 3 is 2.53 bits per heavy atom. The molecule has 0 bridgehead atoms. The van der Waals surface area contributed by atoms with E-state index in [9.17, 15) is 0 Å². The number of nitrogens with one attached hydrogen (secondary N) is 1. The average molecular weight is 212 g/mol. The largest absolute Gasteiger partial charge is 0.381 e. The number of rotatable bonds is 3. The maximum Gasteiger partial charge on any atom is 0.0469 e. The van der Waals surface area contributed by atoms with E-state index in [0.717, 1.165) is 25.2 Å². The Morgan fingerprint density at radius 2 is 1.93 bits per heavy atom. The second-order valence-electron chi connectivity index (χ2n) is 4.71. The van der Waals surface area contributed by atoms with E-state index in [1.807, 2.05) is 0 Å². The molecule has 1 atom stereocenters. The summed E-state index contributed by atoms with van der Waals surface area (Å²) in [6, 6.07) is 0.802. The van der Waals surface area contributed by atoms with E-state index < -0.39 is 0 Å². The van der Waals surface area contributed by atoms with E-state index in [-0.39, 0.29) is 0 Å². The molecule has 0 spiro atoms. The first-order valence-electron chi connectivity index (χ1n) is 6.44. The topological polar surface area (TPSA) is 24.5 Å². The van der Waals surface area contributed by atoms with Crippen molar-refractivity contribution in [1.82, 2.24) is 10.2 Å². The molecule has 2 aliphatic rings. The van der Waals surface area contributed by atoms with Gasteiger partial charge in [0.05, 0.1) is 0 Å². The first-order valence-corrected chi connectivity index (χ1v) is 6.44. The van der Waals surface area contributed by atoms with E-state index in [1.54, 1.807) is 0 Å². The summed E-state index contributed by atoms with van der Waals surface area (Å²) >= 11 is 0. The number of hydrogen-bond donors (Lipinski definition) is 1. The normalized spacial score (nSPS) is 27.8. The summed E-state index contributed by atoms with van der Waals surface area (Å²) in [6.45, 7) is 9.09. The van der Waals surface area contributed by atoms with Gasteiger partial charge in [-0.15, -0.1) is 0 Å². The highest BCUT2D eigenvalue weighted by Gasteiger charge is 2.28. The summed E-state index contributed by atoms with van der Waals surface area (Å²) in [7, 11) is 0. The lowest BCUT2D eigenvalue weighted by atomic mass is 9.88. The Balaban J connectivity index is 1.88. The Bertz CT molecular complexity index is 156. The zero-order valence-electron chi connectivity index (χ0n) is 9.87. The minimum absolute atomic E-state index is 0.802. The Labute approximate surface area is 93.2 Å². The van der Waals surface area contributed by atoms with Crippen molar-refractivity contribution in [2.75, 3.05) is 39.4 Å². The van der Waals surface area contributed by atoms with Crippen LogP contribution in [0.3, 0.4) is 0 Å². The van der Waals surface area contributed by atoms with Gasteiger partial charge in [-0.2, -0.15) is 0 Å². The quantitative estimate of drug-likeness (QED) is 0.758. The summed E-state index contributed by atoms with van der Waals surface area (Å²) in [6.07, 6.45) is 3.83. The highest BCUT2D eigenvalue weighted by molar-refractivity contribution is 4.82. The standard InChI is InChI=1S/C12H24N2O/c1-2-12(11-3-9-15-10-4-11)14-7-5-13-6-8-14/h11-13H,2-10H2,1H3. The van der Waals surface area contributed by atoms with Gasteiger partial charge in [0.2, 0.25) is 0 Å². The number of piperazine rings is 1. The van der Waals surface area contributed by atoms with E-state index in [2.05, 4.69) is 17.1 Å². The van der Waals surface area contributed by atoms with E-state index in [1.165, 1.54) is 45.4 Å². The summed E-state index contributed by atoms with van der Waals surface area (Å²) in [5.74, 6) is 0.877. The number of ether oxygens (including phenoxy) is 1. The predicted octanol–water partition coefficient (Wildman–Crippen LogP) is 1.10. The van der Waals surface area contributed by atoms with Crippen LogP contribution < -0.4 is 5.32 Å². The van der Waals surface area contributed by atoms with E-state index in [4.69, 9.17) is 4.74 Å². The van der Waals surface area contributed by atoms with Gasteiger partial charge in [0.15, 0.2) is 0 Å². The minimum Gasteiger partial charge on any atom is -0.381 e. The van der Waals surface area contributed by atoms with Crippen molar-refractivity contribution < 1.29 is 4.74 Å². The molecule has 0 radical (unpaired) electrons. The third kappa shape index (κ3) is 2.92. The van der Waals surface area contributed by atoms with Crippen LogP contribution in [0, 0.1) is 5.92 Å². The fourth-order valence-electron chi connectivity index (χ4n) is 3.00. The van der Waals surface area contributed by atoms with Crippen LogP contribution in [-0.4, -0.2) is 50.3 Å². The zero-order valence-corrected chi connectivity index (χ0v) is 9.87. The maximum absolute atomic E-state index is 5.45. The molecule has 2 heterocycles. The van der Waals surface area contributed by atoms with Gasteiger partial charge < -0.3 is 10.1 Å². The highest BCUT2D eigenvalue weighted by Crippen LogP contribution is 2.25. The van der Waals surface area contributed by atoms with Gasteiger partial charge in [-0.25, -0.2) is 0 Å². The Hall–Kier alpha value is -0.120. The van der Waals surface area contributed by atoms with Gasteiger partial charge in [-0.3, -0.25) is 4.90 Å². The number of nitrogens with zero attached hydrogens (tertiary/aromatic N) is 1. The van der Waals surface area contributed by atoms with Gasteiger partial charge in [0.25, 0.3) is 0 Å². The molecule has 2 saturated heterocycles. The van der Waals surface area contributed by atoms with Crippen LogP contribution in [0.2, 0.25) is 0 Å². The van der Waals surface area contributed by atoms with Crippen LogP contribution in [0.4, 0.5) is 0 Å². The SMILES string of the molecule is CCC(C1CCOCC1)N1CCNCC1.